The molecule has 0 spiro atoms. The van der Waals surface area contributed by atoms with Crippen molar-refractivity contribution in [1.82, 2.24) is 10.2 Å². The van der Waals surface area contributed by atoms with Crippen LogP contribution in [0, 0.1) is 10.8 Å². The predicted molar refractivity (Wildman–Crippen MR) is 66.4 cm³/mol. The topological polar surface area (TPSA) is 58.4 Å². The van der Waals surface area contributed by atoms with Gasteiger partial charge in [0.05, 0.1) is 5.41 Å². The zero-order valence-electron chi connectivity index (χ0n) is 10.8. The predicted octanol–water partition coefficient (Wildman–Crippen LogP) is 0.324. The van der Waals surface area contributed by atoms with Gasteiger partial charge in [0, 0.05) is 31.7 Å². The Balaban J connectivity index is 1.55. The molecule has 1 saturated heterocycles. The van der Waals surface area contributed by atoms with Crippen molar-refractivity contribution in [2.75, 3.05) is 19.6 Å². The summed E-state index contributed by atoms with van der Waals surface area (Å²) in [5.41, 5.74) is 5.79. The van der Waals surface area contributed by atoms with Crippen molar-refractivity contribution >= 4 is 5.91 Å². The van der Waals surface area contributed by atoms with E-state index in [4.69, 9.17) is 5.73 Å². The first kappa shape index (κ1) is 11.5. The van der Waals surface area contributed by atoms with Gasteiger partial charge in [-0.05, 0) is 38.5 Å². The van der Waals surface area contributed by atoms with Crippen LogP contribution in [-0.2, 0) is 4.79 Å². The Morgan fingerprint density at radius 2 is 1.82 bits per heavy atom. The van der Waals surface area contributed by atoms with Crippen LogP contribution in [0.1, 0.15) is 33.1 Å². The Labute approximate surface area is 103 Å². The summed E-state index contributed by atoms with van der Waals surface area (Å²) >= 11 is 0. The number of carbonyl (C=O) groups is 1. The van der Waals surface area contributed by atoms with Gasteiger partial charge in [-0.25, -0.2) is 0 Å². The minimum Gasteiger partial charge on any atom is -0.369 e. The zero-order chi connectivity index (χ0) is 12.3. The van der Waals surface area contributed by atoms with Crippen LogP contribution in [0.4, 0.5) is 0 Å². The van der Waals surface area contributed by atoms with E-state index >= 15 is 0 Å². The summed E-state index contributed by atoms with van der Waals surface area (Å²) in [5, 5.41) is 3.55. The monoisotopic (exact) mass is 237 g/mol. The molecule has 0 radical (unpaired) electrons. The number of primary amides is 1. The maximum absolute atomic E-state index is 11.3. The van der Waals surface area contributed by atoms with Gasteiger partial charge in [-0.1, -0.05) is 0 Å². The quantitative estimate of drug-likeness (QED) is 0.743. The standard InChI is InChI=1S/C13H23N3O/c1-9-3-16(4-10(2)15-9)8-12-5-13(6-12,7-12)11(14)17/h9-10,15H,3-8H2,1-2H3,(H2,14,17). The lowest BCUT2D eigenvalue weighted by atomic mass is 9.35. The molecule has 3 N–H and O–H groups in total. The zero-order valence-corrected chi connectivity index (χ0v) is 10.8. The Bertz CT molecular complexity index is 325. The average Bonchev–Trinajstić information content (AvgIpc) is 2.06. The minimum absolute atomic E-state index is 0.0681. The van der Waals surface area contributed by atoms with Crippen molar-refractivity contribution in [3.63, 3.8) is 0 Å². The smallest absolute Gasteiger partial charge is 0.223 e. The van der Waals surface area contributed by atoms with Crippen molar-refractivity contribution < 1.29 is 4.79 Å². The SMILES string of the molecule is CC1CN(CC23CC(C(N)=O)(C2)C3)CC(C)N1. The van der Waals surface area contributed by atoms with Gasteiger partial charge in [0.1, 0.15) is 0 Å². The molecule has 17 heavy (non-hydrogen) atoms. The molecule has 0 aromatic rings. The van der Waals surface area contributed by atoms with Gasteiger partial charge in [-0.3, -0.25) is 9.69 Å². The normalized spacial score (nSPS) is 49.3. The third kappa shape index (κ3) is 1.69. The first-order valence-electron chi connectivity index (χ1n) is 6.71. The summed E-state index contributed by atoms with van der Waals surface area (Å²) in [7, 11) is 0. The lowest BCUT2D eigenvalue weighted by Gasteiger charge is -2.70. The van der Waals surface area contributed by atoms with Gasteiger partial charge < -0.3 is 11.1 Å². The molecule has 2 unspecified atom stereocenters. The summed E-state index contributed by atoms with van der Waals surface area (Å²) in [6.07, 6.45) is 3.13. The van der Waals surface area contributed by atoms with Gasteiger partial charge in [0.25, 0.3) is 0 Å². The van der Waals surface area contributed by atoms with Crippen molar-refractivity contribution in [2.24, 2.45) is 16.6 Å². The van der Waals surface area contributed by atoms with E-state index in [0.29, 0.717) is 17.5 Å². The molecule has 1 heterocycles. The third-order valence-corrected chi connectivity index (χ3v) is 4.86. The maximum Gasteiger partial charge on any atom is 0.223 e. The van der Waals surface area contributed by atoms with Crippen LogP contribution < -0.4 is 11.1 Å². The molecule has 4 nitrogen and oxygen atoms in total. The highest BCUT2D eigenvalue weighted by molar-refractivity contribution is 5.84. The van der Waals surface area contributed by atoms with Crippen molar-refractivity contribution in [1.29, 1.82) is 0 Å². The summed E-state index contributed by atoms with van der Waals surface area (Å²) in [4.78, 5) is 13.8. The number of hydrogen-bond donors (Lipinski definition) is 2. The van der Waals surface area contributed by atoms with Crippen molar-refractivity contribution in [3.05, 3.63) is 0 Å². The Kier molecular flexibility index (Phi) is 2.33. The number of hydrogen-bond acceptors (Lipinski definition) is 3. The largest absolute Gasteiger partial charge is 0.369 e. The van der Waals surface area contributed by atoms with E-state index in [9.17, 15) is 4.79 Å². The number of piperazine rings is 1. The fraction of sp³-hybridized carbons (Fsp3) is 0.923. The first-order chi connectivity index (χ1) is 7.93. The van der Waals surface area contributed by atoms with Crippen LogP contribution in [0.25, 0.3) is 0 Å². The van der Waals surface area contributed by atoms with Crippen LogP contribution in [0.3, 0.4) is 0 Å². The van der Waals surface area contributed by atoms with Gasteiger partial charge in [-0.15, -0.1) is 0 Å². The molecule has 0 aromatic heterocycles. The molecule has 4 aliphatic rings. The lowest BCUT2D eigenvalue weighted by molar-refractivity contribution is -0.212. The molecule has 2 bridgehead atoms. The fourth-order valence-electron chi connectivity index (χ4n) is 4.47. The van der Waals surface area contributed by atoms with Crippen LogP contribution in [0.2, 0.25) is 0 Å². The van der Waals surface area contributed by atoms with Gasteiger partial charge in [0.15, 0.2) is 0 Å². The summed E-state index contributed by atoms with van der Waals surface area (Å²) in [5.74, 6) is -0.0681. The molecule has 1 amide bonds. The van der Waals surface area contributed by atoms with Gasteiger partial charge in [-0.2, -0.15) is 0 Å². The van der Waals surface area contributed by atoms with Crippen molar-refractivity contribution in [2.45, 2.75) is 45.2 Å². The number of nitrogens with two attached hydrogens (primary N) is 1. The molecule has 4 heteroatoms. The highest BCUT2D eigenvalue weighted by Crippen LogP contribution is 2.73. The van der Waals surface area contributed by atoms with E-state index in [1.165, 1.54) is 6.54 Å². The molecule has 4 fully saturated rings. The molecule has 96 valence electrons. The Hall–Kier alpha value is -0.610. The van der Waals surface area contributed by atoms with Crippen LogP contribution in [0.5, 0.6) is 0 Å². The van der Waals surface area contributed by atoms with E-state index in [2.05, 4.69) is 24.1 Å². The van der Waals surface area contributed by atoms with Crippen LogP contribution in [-0.4, -0.2) is 42.5 Å². The number of nitrogens with one attached hydrogen (secondary N) is 1. The number of nitrogens with zero attached hydrogens (tertiary/aromatic N) is 1. The summed E-state index contributed by atoms with van der Waals surface area (Å²) < 4.78 is 0. The molecule has 3 aliphatic carbocycles. The first-order valence-corrected chi connectivity index (χ1v) is 6.71. The Morgan fingerprint density at radius 3 is 2.29 bits per heavy atom. The average molecular weight is 237 g/mol. The second-order valence-electron chi connectivity index (χ2n) is 6.84. The molecule has 4 rings (SSSR count). The summed E-state index contributed by atoms with van der Waals surface area (Å²) in [6, 6.07) is 1.16. The molecular weight excluding hydrogens is 214 g/mol. The third-order valence-electron chi connectivity index (χ3n) is 4.86. The van der Waals surface area contributed by atoms with E-state index in [-0.39, 0.29) is 11.3 Å². The minimum atomic E-state index is -0.0920. The summed E-state index contributed by atoms with van der Waals surface area (Å²) in [6.45, 7) is 7.93. The highest BCUT2D eigenvalue weighted by Gasteiger charge is 2.70. The number of rotatable bonds is 3. The van der Waals surface area contributed by atoms with Crippen molar-refractivity contribution in [3.8, 4) is 0 Å². The van der Waals surface area contributed by atoms with Gasteiger partial charge in [0.2, 0.25) is 5.91 Å². The van der Waals surface area contributed by atoms with Crippen LogP contribution >= 0.6 is 0 Å². The fourth-order valence-corrected chi connectivity index (χ4v) is 4.47. The second-order valence-corrected chi connectivity index (χ2v) is 6.84. The van der Waals surface area contributed by atoms with E-state index in [1.54, 1.807) is 0 Å². The lowest BCUT2D eigenvalue weighted by Crippen LogP contribution is -2.71. The van der Waals surface area contributed by atoms with Gasteiger partial charge >= 0.3 is 0 Å². The van der Waals surface area contributed by atoms with Crippen LogP contribution in [0.15, 0.2) is 0 Å². The maximum atomic E-state index is 11.3. The molecule has 1 aliphatic heterocycles. The van der Waals surface area contributed by atoms with E-state index in [1.807, 2.05) is 0 Å². The van der Waals surface area contributed by atoms with E-state index in [0.717, 1.165) is 32.4 Å². The Morgan fingerprint density at radius 1 is 1.29 bits per heavy atom. The van der Waals surface area contributed by atoms with E-state index < -0.39 is 0 Å². The highest BCUT2D eigenvalue weighted by atomic mass is 16.1. The molecule has 2 atom stereocenters. The second kappa shape index (κ2) is 3.45. The molecule has 3 saturated carbocycles. The number of carbonyl (C=O) groups excluding carboxylic acids is 1. The number of amides is 1. The molecular formula is C13H23N3O. The molecule has 0 aromatic carbocycles.